The molecule has 1 heterocycles. The van der Waals surface area contributed by atoms with E-state index in [9.17, 15) is 17.6 Å². The van der Waals surface area contributed by atoms with E-state index in [0.29, 0.717) is 0 Å². The first kappa shape index (κ1) is 13.5. The maximum Gasteiger partial charge on any atom is 0.416 e. The van der Waals surface area contributed by atoms with Crippen LogP contribution in [0.4, 0.5) is 17.6 Å². The van der Waals surface area contributed by atoms with E-state index in [1.807, 2.05) is 0 Å². The van der Waals surface area contributed by atoms with Crippen LogP contribution in [-0.2, 0) is 12.8 Å². The SMILES string of the molecule is OCc1nc(F)ccc1-c1cccc(C(F)(F)F)c1. The fraction of sp³-hybridized carbons (Fsp3) is 0.154. The lowest BCUT2D eigenvalue weighted by molar-refractivity contribution is -0.137. The van der Waals surface area contributed by atoms with Gasteiger partial charge in [0.25, 0.3) is 0 Å². The summed E-state index contributed by atoms with van der Waals surface area (Å²) in [5.74, 6) is -0.792. The average molecular weight is 271 g/mol. The van der Waals surface area contributed by atoms with Crippen molar-refractivity contribution in [3.63, 3.8) is 0 Å². The molecular formula is C13H9F4NO. The van der Waals surface area contributed by atoms with Crippen LogP contribution in [0.25, 0.3) is 11.1 Å². The third kappa shape index (κ3) is 2.90. The number of benzene rings is 1. The Labute approximate surface area is 106 Å². The fourth-order valence-electron chi connectivity index (χ4n) is 1.72. The molecule has 0 amide bonds. The van der Waals surface area contributed by atoms with Crippen molar-refractivity contribution >= 4 is 0 Å². The van der Waals surface area contributed by atoms with Gasteiger partial charge >= 0.3 is 6.18 Å². The summed E-state index contributed by atoms with van der Waals surface area (Å²) in [4.78, 5) is 3.46. The second-order valence-corrected chi connectivity index (χ2v) is 3.86. The predicted molar refractivity (Wildman–Crippen MR) is 60.6 cm³/mol. The van der Waals surface area contributed by atoms with Gasteiger partial charge in [0, 0.05) is 5.56 Å². The van der Waals surface area contributed by atoms with E-state index in [-0.39, 0.29) is 16.8 Å². The smallest absolute Gasteiger partial charge is 0.390 e. The maximum absolute atomic E-state index is 12.9. The second-order valence-electron chi connectivity index (χ2n) is 3.86. The molecular weight excluding hydrogens is 262 g/mol. The van der Waals surface area contributed by atoms with Crippen LogP contribution in [-0.4, -0.2) is 10.1 Å². The molecule has 2 rings (SSSR count). The van der Waals surface area contributed by atoms with Crippen molar-refractivity contribution in [3.05, 3.63) is 53.6 Å². The first-order valence-electron chi connectivity index (χ1n) is 5.35. The summed E-state index contributed by atoms with van der Waals surface area (Å²) < 4.78 is 50.7. The van der Waals surface area contributed by atoms with Gasteiger partial charge in [-0.3, -0.25) is 0 Å². The Morgan fingerprint density at radius 3 is 2.47 bits per heavy atom. The monoisotopic (exact) mass is 271 g/mol. The largest absolute Gasteiger partial charge is 0.416 e. The van der Waals surface area contributed by atoms with Crippen LogP contribution >= 0.6 is 0 Å². The number of nitrogens with zero attached hydrogens (tertiary/aromatic N) is 1. The van der Waals surface area contributed by atoms with Gasteiger partial charge in [0.1, 0.15) is 0 Å². The highest BCUT2D eigenvalue weighted by Crippen LogP contribution is 2.32. The number of aliphatic hydroxyl groups is 1. The predicted octanol–water partition coefficient (Wildman–Crippen LogP) is 3.40. The molecule has 0 aliphatic rings. The molecule has 0 fully saturated rings. The standard InChI is InChI=1S/C13H9F4NO/c14-12-5-4-10(11(7-19)18-12)8-2-1-3-9(6-8)13(15,16)17/h1-6,19H,7H2. The molecule has 100 valence electrons. The Balaban J connectivity index is 2.53. The Hall–Kier alpha value is -1.95. The molecule has 6 heteroatoms. The number of aromatic nitrogens is 1. The van der Waals surface area contributed by atoms with Gasteiger partial charge in [-0.2, -0.15) is 17.6 Å². The number of rotatable bonds is 2. The van der Waals surface area contributed by atoms with Crippen LogP contribution in [0.3, 0.4) is 0 Å². The van der Waals surface area contributed by atoms with Crippen molar-refractivity contribution < 1.29 is 22.7 Å². The molecule has 0 unspecified atom stereocenters. The number of pyridine rings is 1. The van der Waals surface area contributed by atoms with Crippen LogP contribution in [0.5, 0.6) is 0 Å². The van der Waals surface area contributed by atoms with Crippen molar-refractivity contribution in [1.29, 1.82) is 0 Å². The summed E-state index contributed by atoms with van der Waals surface area (Å²) in [6.07, 6.45) is -4.46. The van der Waals surface area contributed by atoms with Crippen LogP contribution in [0.2, 0.25) is 0 Å². The van der Waals surface area contributed by atoms with E-state index >= 15 is 0 Å². The van der Waals surface area contributed by atoms with Gasteiger partial charge in [-0.15, -0.1) is 0 Å². The highest BCUT2D eigenvalue weighted by molar-refractivity contribution is 5.66. The average Bonchev–Trinajstić information content (AvgIpc) is 2.37. The third-order valence-corrected chi connectivity index (χ3v) is 2.59. The van der Waals surface area contributed by atoms with Gasteiger partial charge in [-0.05, 0) is 29.8 Å². The first-order valence-corrected chi connectivity index (χ1v) is 5.35. The Morgan fingerprint density at radius 2 is 1.84 bits per heavy atom. The minimum atomic E-state index is -4.46. The van der Waals surface area contributed by atoms with E-state index in [4.69, 9.17) is 5.11 Å². The van der Waals surface area contributed by atoms with Gasteiger partial charge in [0.05, 0.1) is 17.9 Å². The van der Waals surface area contributed by atoms with Crippen molar-refractivity contribution in [2.75, 3.05) is 0 Å². The van der Waals surface area contributed by atoms with Gasteiger partial charge in [-0.1, -0.05) is 12.1 Å². The Kier molecular flexibility index (Phi) is 3.53. The van der Waals surface area contributed by atoms with Crippen molar-refractivity contribution in [3.8, 4) is 11.1 Å². The molecule has 19 heavy (non-hydrogen) atoms. The number of hydrogen-bond donors (Lipinski definition) is 1. The van der Waals surface area contributed by atoms with Gasteiger partial charge in [0.2, 0.25) is 5.95 Å². The fourth-order valence-corrected chi connectivity index (χ4v) is 1.72. The zero-order valence-electron chi connectivity index (χ0n) is 9.58. The first-order chi connectivity index (χ1) is 8.91. The lowest BCUT2D eigenvalue weighted by Crippen LogP contribution is -2.05. The van der Waals surface area contributed by atoms with Crippen molar-refractivity contribution in [1.82, 2.24) is 4.98 Å². The summed E-state index contributed by atoms with van der Waals surface area (Å²) in [7, 11) is 0. The van der Waals surface area contributed by atoms with Crippen LogP contribution in [0, 0.1) is 5.95 Å². The molecule has 0 spiro atoms. The van der Waals surface area contributed by atoms with Gasteiger partial charge in [0.15, 0.2) is 0 Å². The summed E-state index contributed by atoms with van der Waals surface area (Å²) >= 11 is 0. The number of aliphatic hydroxyl groups excluding tert-OH is 1. The molecule has 0 bridgehead atoms. The minimum Gasteiger partial charge on any atom is -0.390 e. The number of halogens is 4. The molecule has 0 atom stereocenters. The maximum atomic E-state index is 12.9. The van der Waals surface area contributed by atoms with Crippen LogP contribution < -0.4 is 0 Å². The summed E-state index contributed by atoms with van der Waals surface area (Å²) in [6, 6.07) is 6.91. The van der Waals surface area contributed by atoms with E-state index in [0.717, 1.165) is 18.2 Å². The molecule has 0 radical (unpaired) electrons. The molecule has 2 aromatic rings. The van der Waals surface area contributed by atoms with Gasteiger partial charge < -0.3 is 5.11 Å². The molecule has 0 saturated carbocycles. The highest BCUT2D eigenvalue weighted by Gasteiger charge is 2.30. The van der Waals surface area contributed by atoms with Crippen LogP contribution in [0.15, 0.2) is 36.4 Å². The Bertz CT molecular complexity index is 595. The highest BCUT2D eigenvalue weighted by atomic mass is 19.4. The zero-order chi connectivity index (χ0) is 14.0. The summed E-state index contributed by atoms with van der Waals surface area (Å²) in [5.41, 5.74) is -0.307. The summed E-state index contributed by atoms with van der Waals surface area (Å²) in [6.45, 7) is -0.552. The lowest BCUT2D eigenvalue weighted by atomic mass is 10.0. The molecule has 0 aliphatic heterocycles. The zero-order valence-corrected chi connectivity index (χ0v) is 9.58. The molecule has 0 aliphatic carbocycles. The molecule has 1 N–H and O–H groups in total. The third-order valence-electron chi connectivity index (χ3n) is 2.59. The quantitative estimate of drug-likeness (QED) is 0.670. The molecule has 1 aromatic carbocycles. The molecule has 1 aromatic heterocycles. The van der Waals surface area contributed by atoms with E-state index < -0.39 is 24.3 Å². The molecule has 2 nitrogen and oxygen atoms in total. The van der Waals surface area contributed by atoms with E-state index in [2.05, 4.69) is 4.98 Å². The second kappa shape index (κ2) is 4.97. The number of hydrogen-bond acceptors (Lipinski definition) is 2. The minimum absolute atomic E-state index is 0.000625. The van der Waals surface area contributed by atoms with Crippen molar-refractivity contribution in [2.24, 2.45) is 0 Å². The van der Waals surface area contributed by atoms with E-state index in [1.54, 1.807) is 0 Å². The van der Waals surface area contributed by atoms with E-state index in [1.165, 1.54) is 18.2 Å². The normalized spacial score (nSPS) is 11.6. The topological polar surface area (TPSA) is 33.1 Å². The summed E-state index contributed by atoms with van der Waals surface area (Å²) in [5, 5.41) is 9.08. The molecule has 0 saturated heterocycles. The Morgan fingerprint density at radius 1 is 1.11 bits per heavy atom. The lowest BCUT2D eigenvalue weighted by Gasteiger charge is -2.10. The van der Waals surface area contributed by atoms with Crippen molar-refractivity contribution in [2.45, 2.75) is 12.8 Å². The van der Waals surface area contributed by atoms with Crippen LogP contribution in [0.1, 0.15) is 11.3 Å². The number of alkyl halides is 3. The van der Waals surface area contributed by atoms with Gasteiger partial charge in [-0.25, -0.2) is 4.98 Å².